The average molecular weight is 396 g/mol. The van der Waals surface area contributed by atoms with Crippen LogP contribution in [0.25, 0.3) is 0 Å². The minimum atomic E-state index is -0.155. The SMILES string of the molecule is CC[C@@H](C)c1ccccc1NC(=O)[C@H](C)N1CCN(c2ccc(OC)cc2)CC1. The van der Waals surface area contributed by atoms with E-state index in [1.165, 1.54) is 11.3 Å². The number of methoxy groups -OCH3 is 1. The fourth-order valence-corrected chi connectivity index (χ4v) is 3.82. The summed E-state index contributed by atoms with van der Waals surface area (Å²) >= 11 is 0. The predicted octanol–water partition coefficient (Wildman–Crippen LogP) is 4.36. The van der Waals surface area contributed by atoms with Gasteiger partial charge in [-0.2, -0.15) is 0 Å². The summed E-state index contributed by atoms with van der Waals surface area (Å²) in [5.74, 6) is 1.36. The Morgan fingerprint density at radius 2 is 1.69 bits per heavy atom. The lowest BCUT2D eigenvalue weighted by molar-refractivity contribution is -0.120. The van der Waals surface area contributed by atoms with Crippen molar-refractivity contribution >= 4 is 17.3 Å². The number of hydrogen-bond acceptors (Lipinski definition) is 4. The zero-order chi connectivity index (χ0) is 20.8. The number of anilines is 2. The van der Waals surface area contributed by atoms with Gasteiger partial charge in [0, 0.05) is 37.6 Å². The Balaban J connectivity index is 1.57. The molecule has 2 atom stereocenters. The van der Waals surface area contributed by atoms with E-state index in [2.05, 4.69) is 47.2 Å². The van der Waals surface area contributed by atoms with Crippen LogP contribution in [0.1, 0.15) is 38.7 Å². The molecule has 2 aromatic rings. The van der Waals surface area contributed by atoms with Gasteiger partial charge in [-0.05, 0) is 55.2 Å². The van der Waals surface area contributed by atoms with Crippen LogP contribution >= 0.6 is 0 Å². The molecule has 1 aliphatic heterocycles. The van der Waals surface area contributed by atoms with Gasteiger partial charge in [0.05, 0.1) is 13.2 Å². The van der Waals surface area contributed by atoms with Crippen LogP contribution in [0, 0.1) is 0 Å². The quantitative estimate of drug-likeness (QED) is 0.757. The van der Waals surface area contributed by atoms with Crippen molar-refractivity contribution in [3.63, 3.8) is 0 Å². The standard InChI is InChI=1S/C24H33N3O2/c1-5-18(2)22-8-6-7-9-23(22)25-24(28)19(3)26-14-16-27(17-15-26)20-10-12-21(29-4)13-11-20/h6-13,18-19H,5,14-17H2,1-4H3,(H,25,28)/t18-,19+/m1/s1. The zero-order valence-corrected chi connectivity index (χ0v) is 18.0. The van der Waals surface area contributed by atoms with E-state index in [0.717, 1.165) is 44.0 Å². The normalized spacial score (nSPS) is 16.9. The highest BCUT2D eigenvalue weighted by molar-refractivity contribution is 5.95. The van der Waals surface area contributed by atoms with Gasteiger partial charge in [0.25, 0.3) is 0 Å². The van der Waals surface area contributed by atoms with Crippen LogP contribution in [-0.4, -0.2) is 50.1 Å². The molecule has 1 N–H and O–H groups in total. The smallest absolute Gasteiger partial charge is 0.241 e. The van der Waals surface area contributed by atoms with E-state index < -0.39 is 0 Å². The van der Waals surface area contributed by atoms with Crippen molar-refractivity contribution < 1.29 is 9.53 Å². The summed E-state index contributed by atoms with van der Waals surface area (Å²) < 4.78 is 5.24. The largest absolute Gasteiger partial charge is 0.497 e. The number of benzene rings is 2. The number of carbonyl (C=O) groups excluding carboxylic acids is 1. The molecule has 5 nitrogen and oxygen atoms in total. The number of nitrogens with zero attached hydrogens (tertiary/aromatic N) is 2. The summed E-state index contributed by atoms with van der Waals surface area (Å²) in [5, 5.41) is 3.17. The van der Waals surface area contributed by atoms with E-state index >= 15 is 0 Å². The summed E-state index contributed by atoms with van der Waals surface area (Å²) in [7, 11) is 1.68. The molecule has 5 heteroatoms. The maximum absolute atomic E-state index is 12.9. The van der Waals surface area contributed by atoms with Crippen LogP contribution in [0.3, 0.4) is 0 Å². The Labute approximate surface area is 174 Å². The lowest BCUT2D eigenvalue weighted by Gasteiger charge is -2.38. The summed E-state index contributed by atoms with van der Waals surface area (Å²) in [5.41, 5.74) is 3.35. The fraction of sp³-hybridized carbons (Fsp3) is 0.458. The van der Waals surface area contributed by atoms with E-state index in [9.17, 15) is 4.79 Å². The van der Waals surface area contributed by atoms with E-state index in [-0.39, 0.29) is 11.9 Å². The topological polar surface area (TPSA) is 44.8 Å². The lowest BCUT2D eigenvalue weighted by Crippen LogP contribution is -2.52. The third-order valence-corrected chi connectivity index (χ3v) is 6.04. The van der Waals surface area contributed by atoms with Gasteiger partial charge in [-0.1, -0.05) is 32.0 Å². The number of rotatable bonds is 7. The summed E-state index contributed by atoms with van der Waals surface area (Å²) in [4.78, 5) is 17.5. The highest BCUT2D eigenvalue weighted by atomic mass is 16.5. The third-order valence-electron chi connectivity index (χ3n) is 6.04. The monoisotopic (exact) mass is 395 g/mol. The number of ether oxygens (including phenoxy) is 1. The lowest BCUT2D eigenvalue weighted by atomic mass is 9.97. The Morgan fingerprint density at radius 1 is 1.03 bits per heavy atom. The highest BCUT2D eigenvalue weighted by Crippen LogP contribution is 2.27. The molecular formula is C24H33N3O2. The minimum absolute atomic E-state index is 0.0682. The minimum Gasteiger partial charge on any atom is -0.497 e. The van der Waals surface area contributed by atoms with E-state index in [1.54, 1.807) is 7.11 Å². The highest BCUT2D eigenvalue weighted by Gasteiger charge is 2.26. The third kappa shape index (κ3) is 5.10. The number of carbonyl (C=O) groups is 1. The van der Waals surface area contributed by atoms with Crippen LogP contribution in [0.5, 0.6) is 5.75 Å². The summed E-state index contributed by atoms with van der Waals surface area (Å²) in [6, 6.07) is 16.2. The molecule has 1 amide bonds. The molecule has 1 saturated heterocycles. The van der Waals surface area contributed by atoms with Gasteiger partial charge in [0.15, 0.2) is 0 Å². The molecule has 3 rings (SSSR count). The first-order valence-electron chi connectivity index (χ1n) is 10.6. The maximum atomic E-state index is 12.9. The van der Waals surface area contributed by atoms with Crippen molar-refractivity contribution in [3.05, 3.63) is 54.1 Å². The van der Waals surface area contributed by atoms with Crippen LogP contribution in [0.15, 0.2) is 48.5 Å². The summed E-state index contributed by atoms with van der Waals surface area (Å²) in [6.07, 6.45) is 1.05. The van der Waals surface area contributed by atoms with Crippen LogP contribution in [-0.2, 0) is 4.79 Å². The molecular weight excluding hydrogens is 362 g/mol. The Bertz CT molecular complexity index is 798. The molecule has 29 heavy (non-hydrogen) atoms. The van der Waals surface area contributed by atoms with Gasteiger partial charge < -0.3 is 15.0 Å². The molecule has 0 aliphatic carbocycles. The van der Waals surface area contributed by atoms with Crippen LogP contribution in [0.4, 0.5) is 11.4 Å². The van der Waals surface area contributed by atoms with Crippen molar-refractivity contribution in [1.29, 1.82) is 0 Å². The van der Waals surface area contributed by atoms with Crippen LogP contribution < -0.4 is 15.0 Å². The molecule has 156 valence electrons. The molecule has 0 unspecified atom stereocenters. The Kier molecular flexibility index (Phi) is 7.15. The number of nitrogens with one attached hydrogen (secondary N) is 1. The first-order chi connectivity index (χ1) is 14.0. The second-order valence-corrected chi connectivity index (χ2v) is 7.78. The molecule has 1 fully saturated rings. The molecule has 0 bridgehead atoms. The van der Waals surface area contributed by atoms with Crippen molar-refractivity contribution in [2.45, 2.75) is 39.2 Å². The van der Waals surface area contributed by atoms with Crippen molar-refractivity contribution in [2.75, 3.05) is 43.5 Å². The van der Waals surface area contributed by atoms with Gasteiger partial charge >= 0.3 is 0 Å². The fourth-order valence-electron chi connectivity index (χ4n) is 3.82. The Morgan fingerprint density at radius 3 is 2.31 bits per heavy atom. The van der Waals surface area contributed by atoms with Gasteiger partial charge in [-0.25, -0.2) is 0 Å². The average Bonchev–Trinajstić information content (AvgIpc) is 2.78. The van der Waals surface area contributed by atoms with E-state index in [0.29, 0.717) is 5.92 Å². The number of para-hydroxylation sites is 1. The van der Waals surface area contributed by atoms with Crippen molar-refractivity contribution in [3.8, 4) is 5.75 Å². The molecule has 0 radical (unpaired) electrons. The van der Waals surface area contributed by atoms with Crippen molar-refractivity contribution in [1.82, 2.24) is 4.90 Å². The molecule has 0 saturated carbocycles. The summed E-state index contributed by atoms with van der Waals surface area (Å²) in [6.45, 7) is 9.94. The predicted molar refractivity (Wildman–Crippen MR) is 120 cm³/mol. The number of piperazine rings is 1. The van der Waals surface area contributed by atoms with Gasteiger partial charge in [0.2, 0.25) is 5.91 Å². The zero-order valence-electron chi connectivity index (χ0n) is 18.0. The van der Waals surface area contributed by atoms with Gasteiger partial charge in [0.1, 0.15) is 5.75 Å². The molecule has 0 aromatic heterocycles. The first-order valence-corrected chi connectivity index (χ1v) is 10.6. The molecule has 0 spiro atoms. The van der Waals surface area contributed by atoms with Gasteiger partial charge in [-0.15, -0.1) is 0 Å². The second-order valence-electron chi connectivity index (χ2n) is 7.78. The Hall–Kier alpha value is -2.53. The first kappa shape index (κ1) is 21.2. The van der Waals surface area contributed by atoms with Crippen molar-refractivity contribution in [2.24, 2.45) is 0 Å². The van der Waals surface area contributed by atoms with E-state index in [4.69, 9.17) is 4.74 Å². The molecule has 2 aromatic carbocycles. The van der Waals surface area contributed by atoms with Crippen LogP contribution in [0.2, 0.25) is 0 Å². The number of hydrogen-bond donors (Lipinski definition) is 1. The van der Waals surface area contributed by atoms with Gasteiger partial charge in [-0.3, -0.25) is 9.69 Å². The maximum Gasteiger partial charge on any atom is 0.241 e. The van der Waals surface area contributed by atoms with E-state index in [1.807, 2.05) is 37.3 Å². The molecule has 1 aliphatic rings. The number of amides is 1. The molecule has 1 heterocycles. The second kappa shape index (κ2) is 9.79.